The summed E-state index contributed by atoms with van der Waals surface area (Å²) >= 11 is 1.25. The van der Waals surface area contributed by atoms with E-state index in [0.29, 0.717) is 23.4 Å². The molecule has 0 aliphatic rings. The number of hydrogen-bond acceptors (Lipinski definition) is 6. The molecule has 0 unspecified atom stereocenters. The fourth-order valence-corrected chi connectivity index (χ4v) is 2.76. The Labute approximate surface area is 158 Å². The Morgan fingerprint density at radius 2 is 1.58 bits per heavy atom. The number of carbonyl (C=O) groups is 2. The predicted octanol–water partition coefficient (Wildman–Crippen LogP) is 3.35. The van der Waals surface area contributed by atoms with Crippen LogP contribution in [-0.2, 0) is 16.1 Å². The molecule has 0 aliphatic carbocycles. The smallest absolute Gasteiger partial charge is 0.277 e. The molecule has 2 aromatic rings. The first-order valence-electron chi connectivity index (χ1n) is 8.49. The number of carbonyl (C=O) groups excluding carboxylic acids is 2. The topological polar surface area (TPSA) is 76.9 Å². The van der Waals surface area contributed by atoms with E-state index in [0.717, 1.165) is 5.56 Å². The molecule has 0 radical (unpaired) electrons. The normalized spacial score (nSPS) is 12.2. The first kappa shape index (κ1) is 20.3. The molecule has 2 aromatic heterocycles. The zero-order chi connectivity index (χ0) is 19.5. The average Bonchev–Trinajstić information content (AvgIpc) is 3.00. The maximum atomic E-state index is 12.1. The predicted molar refractivity (Wildman–Crippen MR) is 99.6 cm³/mol. The van der Waals surface area contributed by atoms with Crippen molar-refractivity contribution in [3.8, 4) is 11.5 Å². The van der Waals surface area contributed by atoms with Crippen LogP contribution >= 0.6 is 11.8 Å². The van der Waals surface area contributed by atoms with E-state index in [2.05, 4.69) is 10.2 Å². The number of aromatic nitrogens is 3. The number of nitrogens with zero attached hydrogens (tertiary/aromatic N) is 3. The molecule has 0 bridgehead atoms. The van der Waals surface area contributed by atoms with Gasteiger partial charge in [-0.3, -0.25) is 9.59 Å². The largest absolute Gasteiger partial charge is 0.411 e. The van der Waals surface area contributed by atoms with Crippen molar-refractivity contribution in [1.82, 2.24) is 10.2 Å². The summed E-state index contributed by atoms with van der Waals surface area (Å²) in [5, 5.41) is 8.39. The SMILES string of the molecule is CC(C)(C)C(=O)CSc1nnc(-c2cc[n+](CC(=O)C(C)(C)C)cc2)o1. The lowest BCUT2D eigenvalue weighted by Gasteiger charge is -2.14. The van der Waals surface area contributed by atoms with Gasteiger partial charge in [0.25, 0.3) is 5.22 Å². The summed E-state index contributed by atoms with van der Waals surface area (Å²) in [4.78, 5) is 24.1. The van der Waals surface area contributed by atoms with E-state index in [1.807, 2.05) is 70.6 Å². The molecule has 140 valence electrons. The van der Waals surface area contributed by atoms with Gasteiger partial charge in [-0.15, -0.1) is 10.2 Å². The van der Waals surface area contributed by atoms with Crippen molar-refractivity contribution in [2.75, 3.05) is 5.75 Å². The maximum absolute atomic E-state index is 12.1. The van der Waals surface area contributed by atoms with Crippen LogP contribution in [0.4, 0.5) is 0 Å². The lowest BCUT2D eigenvalue weighted by molar-refractivity contribution is -0.684. The van der Waals surface area contributed by atoms with Crippen LogP contribution in [0.2, 0.25) is 0 Å². The van der Waals surface area contributed by atoms with Crippen molar-refractivity contribution in [1.29, 1.82) is 0 Å². The Morgan fingerprint density at radius 1 is 1.00 bits per heavy atom. The third-order valence-corrected chi connectivity index (χ3v) is 4.69. The second kappa shape index (κ2) is 7.70. The van der Waals surface area contributed by atoms with Gasteiger partial charge in [-0.1, -0.05) is 53.3 Å². The van der Waals surface area contributed by atoms with E-state index in [-0.39, 0.29) is 22.4 Å². The molecule has 6 nitrogen and oxygen atoms in total. The highest BCUT2D eigenvalue weighted by atomic mass is 32.2. The Kier molecular flexibility index (Phi) is 6.01. The van der Waals surface area contributed by atoms with Crippen molar-refractivity contribution >= 4 is 23.3 Å². The standard InChI is InChI=1S/C19H26N3O3S/c1-18(2,3)14(23)11-22-9-7-13(8-10-22)16-20-21-17(25-16)26-12-15(24)19(4,5)6/h7-10H,11-12H2,1-6H3/q+1. The number of ketones is 2. The number of rotatable bonds is 6. The van der Waals surface area contributed by atoms with Crippen LogP contribution in [-0.4, -0.2) is 27.5 Å². The van der Waals surface area contributed by atoms with Gasteiger partial charge in [-0.05, 0) is 0 Å². The van der Waals surface area contributed by atoms with Crippen molar-refractivity contribution in [2.45, 2.75) is 53.3 Å². The maximum Gasteiger partial charge on any atom is 0.277 e. The van der Waals surface area contributed by atoms with E-state index in [1.165, 1.54) is 11.8 Å². The summed E-state index contributed by atoms with van der Waals surface area (Å²) in [6.45, 7) is 11.7. The van der Waals surface area contributed by atoms with Gasteiger partial charge < -0.3 is 4.42 Å². The highest BCUT2D eigenvalue weighted by molar-refractivity contribution is 7.99. The van der Waals surface area contributed by atoms with E-state index >= 15 is 0 Å². The second-order valence-corrected chi connectivity index (χ2v) is 9.19. The van der Waals surface area contributed by atoms with Gasteiger partial charge in [0.15, 0.2) is 12.4 Å². The Bertz CT molecular complexity index is 784. The average molecular weight is 377 g/mol. The summed E-state index contributed by atoms with van der Waals surface area (Å²) in [5.41, 5.74) is 0.0216. The van der Waals surface area contributed by atoms with Crippen molar-refractivity contribution < 1.29 is 18.6 Å². The summed E-state index contributed by atoms with van der Waals surface area (Å²) in [7, 11) is 0. The second-order valence-electron chi connectivity index (χ2n) is 8.27. The molecular formula is C19H26N3O3S+. The molecule has 0 N–H and O–H groups in total. The van der Waals surface area contributed by atoms with Gasteiger partial charge >= 0.3 is 0 Å². The van der Waals surface area contributed by atoms with Crippen LogP contribution < -0.4 is 4.57 Å². The van der Waals surface area contributed by atoms with E-state index in [4.69, 9.17) is 4.42 Å². The number of thioether (sulfide) groups is 1. The molecule has 0 saturated carbocycles. The molecular weight excluding hydrogens is 350 g/mol. The van der Waals surface area contributed by atoms with Crippen LogP contribution in [0.3, 0.4) is 0 Å². The van der Waals surface area contributed by atoms with E-state index in [1.54, 1.807) is 0 Å². The Balaban J connectivity index is 2.01. The monoisotopic (exact) mass is 376 g/mol. The van der Waals surface area contributed by atoms with Gasteiger partial charge in [0, 0.05) is 23.0 Å². The van der Waals surface area contributed by atoms with Crippen LogP contribution in [0.15, 0.2) is 34.2 Å². The Morgan fingerprint density at radius 3 is 2.12 bits per heavy atom. The lowest BCUT2D eigenvalue weighted by Crippen LogP contribution is -2.41. The first-order chi connectivity index (χ1) is 12.0. The third kappa shape index (κ3) is 5.49. The van der Waals surface area contributed by atoms with Gasteiger partial charge in [0.2, 0.25) is 18.2 Å². The summed E-state index contributed by atoms with van der Waals surface area (Å²) < 4.78 is 7.44. The molecule has 0 atom stereocenters. The van der Waals surface area contributed by atoms with Crippen molar-refractivity contribution in [2.24, 2.45) is 10.8 Å². The molecule has 2 heterocycles. The van der Waals surface area contributed by atoms with Crippen molar-refractivity contribution in [3.05, 3.63) is 24.5 Å². The van der Waals surface area contributed by atoms with Crippen molar-refractivity contribution in [3.63, 3.8) is 0 Å². The lowest BCUT2D eigenvalue weighted by atomic mass is 9.91. The molecule has 0 fully saturated rings. The quantitative estimate of drug-likeness (QED) is 0.568. The first-order valence-corrected chi connectivity index (χ1v) is 9.48. The molecule has 26 heavy (non-hydrogen) atoms. The number of Topliss-reactive ketones (excluding diaryl/α,β-unsaturated/α-hetero) is 2. The molecule has 2 rings (SSSR count). The highest BCUT2D eigenvalue weighted by Gasteiger charge is 2.25. The fraction of sp³-hybridized carbons (Fsp3) is 0.526. The molecule has 0 saturated heterocycles. The third-order valence-electron chi connectivity index (χ3n) is 3.87. The Hall–Kier alpha value is -2.02. The summed E-state index contributed by atoms with van der Waals surface area (Å²) in [5.74, 6) is 0.987. The minimum Gasteiger partial charge on any atom is -0.411 e. The fourth-order valence-electron chi connectivity index (χ4n) is 1.84. The molecule has 7 heteroatoms. The van der Waals surface area contributed by atoms with Gasteiger partial charge in [-0.2, -0.15) is 4.57 Å². The van der Waals surface area contributed by atoms with Gasteiger partial charge in [-0.25, -0.2) is 0 Å². The highest BCUT2D eigenvalue weighted by Crippen LogP contribution is 2.25. The van der Waals surface area contributed by atoms with Crippen LogP contribution in [0.1, 0.15) is 41.5 Å². The van der Waals surface area contributed by atoms with E-state index < -0.39 is 0 Å². The molecule has 0 aromatic carbocycles. The van der Waals surface area contributed by atoms with Gasteiger partial charge in [0.05, 0.1) is 11.3 Å². The van der Waals surface area contributed by atoms with Crippen LogP contribution in [0, 0.1) is 10.8 Å². The zero-order valence-electron chi connectivity index (χ0n) is 16.2. The molecule has 0 aliphatic heterocycles. The zero-order valence-corrected chi connectivity index (χ0v) is 17.0. The van der Waals surface area contributed by atoms with Crippen LogP contribution in [0.5, 0.6) is 0 Å². The van der Waals surface area contributed by atoms with E-state index in [9.17, 15) is 9.59 Å². The number of pyridine rings is 1. The minimum atomic E-state index is -0.382. The molecule has 0 spiro atoms. The molecule has 0 amide bonds. The van der Waals surface area contributed by atoms with Gasteiger partial charge in [0.1, 0.15) is 5.78 Å². The summed E-state index contributed by atoms with van der Waals surface area (Å²) in [6, 6.07) is 3.66. The number of hydrogen-bond donors (Lipinski definition) is 0. The minimum absolute atomic E-state index is 0.131. The summed E-state index contributed by atoms with van der Waals surface area (Å²) in [6.07, 6.45) is 3.64. The van der Waals surface area contributed by atoms with Crippen LogP contribution in [0.25, 0.3) is 11.5 Å².